The van der Waals surface area contributed by atoms with Gasteiger partial charge in [-0.25, -0.2) is 4.98 Å². The molecule has 16 heavy (non-hydrogen) atoms. The summed E-state index contributed by atoms with van der Waals surface area (Å²) in [6.07, 6.45) is 1.95. The van der Waals surface area contributed by atoms with Gasteiger partial charge in [0.1, 0.15) is 12.4 Å². The number of nitrogens with zero attached hydrogens (tertiary/aromatic N) is 2. The van der Waals surface area contributed by atoms with Crippen molar-refractivity contribution in [2.75, 3.05) is 6.61 Å². The normalized spacial score (nSPS) is 15.1. The lowest BCUT2D eigenvalue weighted by Crippen LogP contribution is -2.17. The summed E-state index contributed by atoms with van der Waals surface area (Å²) in [6, 6.07) is 2.17. The number of ether oxygens (including phenoxy) is 1. The van der Waals surface area contributed by atoms with Crippen molar-refractivity contribution in [2.24, 2.45) is 0 Å². The Morgan fingerprint density at radius 3 is 3.19 bits per heavy atom. The zero-order chi connectivity index (χ0) is 11.1. The van der Waals surface area contributed by atoms with Crippen molar-refractivity contribution in [3.63, 3.8) is 0 Å². The maximum Gasteiger partial charge on any atom is 0.135 e. The topological polar surface area (TPSA) is 27.1 Å². The maximum atomic E-state index is 5.38. The Labute approximate surface area is 106 Å². The van der Waals surface area contributed by atoms with E-state index >= 15 is 0 Å². The molecule has 1 aliphatic heterocycles. The molecule has 0 bridgehead atoms. The fourth-order valence-corrected chi connectivity index (χ4v) is 3.43. The van der Waals surface area contributed by atoms with E-state index in [1.54, 1.807) is 11.3 Å². The van der Waals surface area contributed by atoms with Gasteiger partial charge in [-0.15, -0.1) is 11.3 Å². The second-order valence-electron chi connectivity index (χ2n) is 3.78. The third kappa shape index (κ3) is 1.63. The van der Waals surface area contributed by atoms with Crippen LogP contribution in [-0.2, 0) is 17.9 Å². The zero-order valence-electron chi connectivity index (χ0n) is 8.86. The highest BCUT2D eigenvalue weighted by atomic mass is 79.9. The molecular formula is C11H11BrN2OS. The fraction of sp³-hybridized carbons (Fsp3) is 0.364. The van der Waals surface area contributed by atoms with Gasteiger partial charge in [-0.05, 0) is 28.9 Å². The highest BCUT2D eigenvalue weighted by Crippen LogP contribution is 2.34. The number of fused-ring (bicyclic) bond motifs is 1. The average molecular weight is 299 g/mol. The van der Waals surface area contributed by atoms with Gasteiger partial charge in [-0.3, -0.25) is 0 Å². The number of aromatic nitrogens is 2. The molecule has 0 atom stereocenters. The van der Waals surface area contributed by atoms with E-state index in [2.05, 4.69) is 38.5 Å². The first kappa shape index (κ1) is 10.5. The van der Waals surface area contributed by atoms with Crippen LogP contribution in [0.1, 0.15) is 10.7 Å². The molecule has 3 nitrogen and oxygen atoms in total. The van der Waals surface area contributed by atoms with Gasteiger partial charge in [0.25, 0.3) is 0 Å². The Morgan fingerprint density at radius 1 is 1.56 bits per heavy atom. The van der Waals surface area contributed by atoms with E-state index in [-0.39, 0.29) is 0 Å². The van der Waals surface area contributed by atoms with E-state index in [0.717, 1.165) is 19.0 Å². The van der Waals surface area contributed by atoms with Gasteiger partial charge in [0.05, 0.1) is 23.4 Å². The van der Waals surface area contributed by atoms with E-state index < -0.39 is 0 Å². The van der Waals surface area contributed by atoms with Crippen molar-refractivity contribution in [1.82, 2.24) is 9.55 Å². The largest absolute Gasteiger partial charge is 0.372 e. The van der Waals surface area contributed by atoms with E-state index in [1.165, 1.54) is 19.9 Å². The second kappa shape index (κ2) is 3.98. The monoisotopic (exact) mass is 298 g/mol. The lowest BCUT2D eigenvalue weighted by molar-refractivity contribution is 0.0822. The summed E-state index contributed by atoms with van der Waals surface area (Å²) in [5.41, 5.74) is 1.21. The standard InChI is InChI=1S/C11H11BrN2OS/c1-7-8(12)4-10(16-7)9-5-13-11-6-15-3-2-14(9)11/h4-5H,2-3,6H2,1H3. The van der Waals surface area contributed by atoms with Crippen molar-refractivity contribution < 1.29 is 4.74 Å². The molecule has 0 radical (unpaired) electrons. The van der Waals surface area contributed by atoms with Crippen LogP contribution >= 0.6 is 27.3 Å². The summed E-state index contributed by atoms with van der Waals surface area (Å²) in [7, 11) is 0. The molecule has 0 amide bonds. The van der Waals surface area contributed by atoms with Crippen LogP contribution in [0.5, 0.6) is 0 Å². The maximum absolute atomic E-state index is 5.38. The first-order valence-corrected chi connectivity index (χ1v) is 6.75. The zero-order valence-corrected chi connectivity index (χ0v) is 11.3. The third-order valence-corrected chi connectivity index (χ3v) is 4.90. The molecule has 3 rings (SSSR count). The summed E-state index contributed by atoms with van der Waals surface area (Å²) in [5.74, 6) is 1.03. The first-order valence-electron chi connectivity index (χ1n) is 5.14. The highest BCUT2D eigenvalue weighted by molar-refractivity contribution is 9.10. The van der Waals surface area contributed by atoms with Crippen LogP contribution in [0.4, 0.5) is 0 Å². The summed E-state index contributed by atoms with van der Waals surface area (Å²) in [5, 5.41) is 0. The van der Waals surface area contributed by atoms with Gasteiger partial charge in [0.15, 0.2) is 0 Å². The molecule has 0 saturated carbocycles. The molecule has 5 heteroatoms. The minimum Gasteiger partial charge on any atom is -0.372 e. The molecule has 1 aliphatic rings. The van der Waals surface area contributed by atoms with Crippen LogP contribution < -0.4 is 0 Å². The van der Waals surface area contributed by atoms with Gasteiger partial charge in [0.2, 0.25) is 0 Å². The van der Waals surface area contributed by atoms with Crippen molar-refractivity contribution in [3.8, 4) is 10.6 Å². The highest BCUT2D eigenvalue weighted by Gasteiger charge is 2.17. The van der Waals surface area contributed by atoms with E-state index in [9.17, 15) is 0 Å². The van der Waals surface area contributed by atoms with Crippen LogP contribution in [-0.4, -0.2) is 16.2 Å². The molecule has 2 aromatic rings. The number of aryl methyl sites for hydroxylation is 1. The Morgan fingerprint density at radius 2 is 2.44 bits per heavy atom. The Balaban J connectivity index is 2.09. The molecule has 0 aromatic carbocycles. The van der Waals surface area contributed by atoms with Crippen molar-refractivity contribution in [2.45, 2.75) is 20.1 Å². The van der Waals surface area contributed by atoms with Crippen LogP contribution in [0, 0.1) is 6.92 Å². The number of imidazole rings is 1. The lowest BCUT2D eigenvalue weighted by atomic mass is 10.3. The van der Waals surface area contributed by atoms with Gasteiger partial charge in [-0.2, -0.15) is 0 Å². The van der Waals surface area contributed by atoms with Crippen LogP contribution in [0.2, 0.25) is 0 Å². The SMILES string of the molecule is Cc1sc(-c2cnc3n2CCOC3)cc1Br. The van der Waals surface area contributed by atoms with Gasteiger partial charge in [-0.1, -0.05) is 0 Å². The molecule has 0 saturated heterocycles. The summed E-state index contributed by atoms with van der Waals surface area (Å²) in [4.78, 5) is 6.97. The minimum absolute atomic E-state index is 0.630. The van der Waals surface area contributed by atoms with E-state index in [4.69, 9.17) is 4.74 Å². The molecule has 0 fully saturated rings. The molecule has 0 unspecified atom stereocenters. The number of thiophene rings is 1. The van der Waals surface area contributed by atoms with Crippen LogP contribution in [0.25, 0.3) is 10.6 Å². The molecule has 0 N–H and O–H groups in total. The Bertz CT molecular complexity index is 513. The smallest absolute Gasteiger partial charge is 0.135 e. The lowest BCUT2D eigenvalue weighted by Gasteiger charge is -2.16. The number of hydrogen-bond donors (Lipinski definition) is 0. The number of hydrogen-bond acceptors (Lipinski definition) is 3. The van der Waals surface area contributed by atoms with E-state index in [0.29, 0.717) is 6.61 Å². The summed E-state index contributed by atoms with van der Waals surface area (Å²) >= 11 is 5.35. The number of halogens is 1. The average Bonchev–Trinajstić information content (AvgIpc) is 2.83. The quantitative estimate of drug-likeness (QED) is 0.808. The van der Waals surface area contributed by atoms with Crippen molar-refractivity contribution >= 4 is 27.3 Å². The molecule has 0 spiro atoms. The predicted octanol–water partition coefficient (Wildman–Crippen LogP) is 3.21. The Kier molecular flexibility index (Phi) is 2.61. The van der Waals surface area contributed by atoms with Crippen molar-refractivity contribution in [3.05, 3.63) is 27.4 Å². The van der Waals surface area contributed by atoms with Crippen LogP contribution in [0.3, 0.4) is 0 Å². The van der Waals surface area contributed by atoms with Gasteiger partial charge >= 0.3 is 0 Å². The van der Waals surface area contributed by atoms with E-state index in [1.807, 2.05) is 6.20 Å². The van der Waals surface area contributed by atoms with Gasteiger partial charge in [0, 0.05) is 15.9 Å². The minimum atomic E-state index is 0.630. The predicted molar refractivity (Wildman–Crippen MR) is 67.6 cm³/mol. The van der Waals surface area contributed by atoms with Gasteiger partial charge < -0.3 is 9.30 Å². The molecular weight excluding hydrogens is 288 g/mol. The molecule has 3 heterocycles. The summed E-state index contributed by atoms with van der Waals surface area (Å²) in [6.45, 7) is 4.43. The second-order valence-corrected chi connectivity index (χ2v) is 5.89. The fourth-order valence-electron chi connectivity index (χ4n) is 1.88. The van der Waals surface area contributed by atoms with Crippen molar-refractivity contribution in [1.29, 1.82) is 0 Å². The first-order chi connectivity index (χ1) is 7.75. The Hall–Kier alpha value is -0.650. The van der Waals surface area contributed by atoms with Crippen LogP contribution in [0.15, 0.2) is 16.7 Å². The molecule has 2 aromatic heterocycles. The molecule has 84 valence electrons. The third-order valence-electron chi connectivity index (χ3n) is 2.74. The molecule has 0 aliphatic carbocycles. The number of rotatable bonds is 1. The summed E-state index contributed by atoms with van der Waals surface area (Å²) < 4.78 is 8.81.